The second-order valence-corrected chi connectivity index (χ2v) is 6.61. The molecule has 0 aliphatic heterocycles. The molecule has 3 aromatic heterocycles. The maximum absolute atomic E-state index is 12.2. The van der Waals surface area contributed by atoms with Crippen molar-refractivity contribution < 1.29 is 9.21 Å². The summed E-state index contributed by atoms with van der Waals surface area (Å²) < 4.78 is 5.19. The zero-order chi connectivity index (χ0) is 15.5. The summed E-state index contributed by atoms with van der Waals surface area (Å²) in [6, 6.07) is 3.65. The van der Waals surface area contributed by atoms with Crippen molar-refractivity contribution in [3.05, 3.63) is 44.7 Å². The predicted molar refractivity (Wildman–Crippen MR) is 87.1 cm³/mol. The summed E-state index contributed by atoms with van der Waals surface area (Å²) in [4.78, 5) is 17.0. The van der Waals surface area contributed by atoms with Crippen LogP contribution in [0, 0.1) is 13.8 Å². The molecule has 22 heavy (non-hydrogen) atoms. The average molecular weight is 332 g/mol. The van der Waals surface area contributed by atoms with Crippen LogP contribution >= 0.6 is 22.7 Å². The fourth-order valence-corrected chi connectivity index (χ4v) is 3.24. The van der Waals surface area contributed by atoms with Crippen molar-refractivity contribution in [3.63, 3.8) is 0 Å². The summed E-state index contributed by atoms with van der Waals surface area (Å²) in [7, 11) is 0. The molecule has 0 bridgehead atoms. The summed E-state index contributed by atoms with van der Waals surface area (Å²) >= 11 is 2.66. The van der Waals surface area contributed by atoms with Crippen LogP contribution in [0.25, 0.3) is 12.2 Å². The lowest BCUT2D eigenvalue weighted by Gasteiger charge is -1.97. The molecule has 0 unspecified atom stereocenters. The van der Waals surface area contributed by atoms with Crippen LogP contribution < -0.4 is 5.32 Å². The van der Waals surface area contributed by atoms with Gasteiger partial charge in [0.05, 0.1) is 17.0 Å². The van der Waals surface area contributed by atoms with Gasteiger partial charge < -0.3 is 4.42 Å². The first-order valence-corrected chi connectivity index (χ1v) is 8.05. The van der Waals surface area contributed by atoms with Gasteiger partial charge in [-0.2, -0.15) is 0 Å². The Kier molecular flexibility index (Phi) is 4.12. The van der Waals surface area contributed by atoms with Crippen LogP contribution in [0.1, 0.15) is 31.1 Å². The number of carbonyl (C=O) groups is 1. The Bertz CT molecular complexity index is 818. The lowest BCUT2D eigenvalue weighted by Crippen LogP contribution is -2.11. The Balaban J connectivity index is 1.69. The van der Waals surface area contributed by atoms with Gasteiger partial charge in [0.25, 0.3) is 5.91 Å². The van der Waals surface area contributed by atoms with Gasteiger partial charge in [-0.3, -0.25) is 10.1 Å². The summed E-state index contributed by atoms with van der Waals surface area (Å²) in [6.45, 7) is 3.69. The van der Waals surface area contributed by atoms with E-state index < -0.39 is 0 Å². The number of carbonyl (C=O) groups excluding carboxylic acids is 1. The number of rotatable bonds is 4. The Morgan fingerprint density at radius 1 is 1.27 bits per heavy atom. The van der Waals surface area contributed by atoms with Crippen LogP contribution in [0.3, 0.4) is 0 Å². The van der Waals surface area contributed by atoms with Crippen LogP contribution in [0.2, 0.25) is 0 Å². The Hall–Kier alpha value is -2.32. The smallest absolute Gasteiger partial charge is 0.269 e. The normalized spacial score (nSPS) is 11.2. The Morgan fingerprint density at radius 3 is 2.82 bits per heavy atom. The Morgan fingerprint density at radius 2 is 2.14 bits per heavy atom. The molecule has 112 valence electrons. The maximum atomic E-state index is 12.2. The molecule has 0 saturated heterocycles. The van der Waals surface area contributed by atoms with Crippen LogP contribution in [0.5, 0.6) is 0 Å². The number of nitrogens with one attached hydrogen (secondary N) is 1. The van der Waals surface area contributed by atoms with Crippen LogP contribution in [-0.2, 0) is 0 Å². The van der Waals surface area contributed by atoms with Gasteiger partial charge in [-0.1, -0.05) is 11.3 Å². The fraction of sp³-hybridized carbons (Fsp3) is 0.143. The van der Waals surface area contributed by atoms with Crippen LogP contribution in [0.15, 0.2) is 22.8 Å². The number of aromatic nitrogens is 3. The second-order valence-electron chi connectivity index (χ2n) is 4.40. The van der Waals surface area contributed by atoms with Gasteiger partial charge in [0, 0.05) is 0 Å². The third kappa shape index (κ3) is 3.29. The molecule has 1 N–H and O–H groups in total. The van der Waals surface area contributed by atoms with Crippen LogP contribution in [0.4, 0.5) is 5.13 Å². The first-order valence-electron chi connectivity index (χ1n) is 6.42. The summed E-state index contributed by atoms with van der Waals surface area (Å²) in [6.07, 6.45) is 5.18. The van der Waals surface area contributed by atoms with Crippen molar-refractivity contribution in [2.24, 2.45) is 0 Å². The van der Waals surface area contributed by atoms with E-state index in [0.29, 0.717) is 15.0 Å². The standard InChI is InChI=1S/C14H12N4O2S2/c1-8-12(21-9(2)15-8)13(19)16-14-18-17-11(22-14)6-5-10-4-3-7-20-10/h3-7H,1-2H3,(H,16,18,19)/b6-5+. The van der Waals surface area contributed by atoms with Crippen molar-refractivity contribution in [2.45, 2.75) is 13.8 Å². The van der Waals surface area contributed by atoms with E-state index in [9.17, 15) is 4.79 Å². The van der Waals surface area contributed by atoms with Gasteiger partial charge in [0.15, 0.2) is 0 Å². The maximum Gasteiger partial charge on any atom is 0.269 e. The average Bonchev–Trinajstić information content (AvgIpc) is 3.18. The molecule has 3 rings (SSSR count). The highest BCUT2D eigenvalue weighted by atomic mass is 32.1. The van der Waals surface area contributed by atoms with Gasteiger partial charge in [-0.25, -0.2) is 4.98 Å². The third-order valence-corrected chi connectivity index (χ3v) is 4.58. The largest absolute Gasteiger partial charge is 0.465 e. The van der Waals surface area contributed by atoms with Crippen molar-refractivity contribution in [3.8, 4) is 0 Å². The van der Waals surface area contributed by atoms with Gasteiger partial charge in [-0.15, -0.1) is 21.5 Å². The predicted octanol–water partition coefficient (Wildman–Crippen LogP) is 3.63. The SMILES string of the molecule is Cc1nc(C)c(C(=O)Nc2nnc(/C=C/c3ccco3)s2)s1. The molecular formula is C14H12N4O2S2. The molecule has 8 heteroatoms. The third-order valence-electron chi connectivity index (χ3n) is 2.70. The second kappa shape index (κ2) is 6.20. The molecular weight excluding hydrogens is 320 g/mol. The van der Waals surface area contributed by atoms with Crippen molar-refractivity contribution >= 4 is 45.9 Å². The van der Waals surface area contributed by atoms with Crippen molar-refractivity contribution in [1.82, 2.24) is 15.2 Å². The monoisotopic (exact) mass is 332 g/mol. The molecule has 0 radical (unpaired) electrons. The molecule has 0 spiro atoms. The molecule has 0 aromatic carbocycles. The molecule has 3 heterocycles. The quantitative estimate of drug-likeness (QED) is 0.789. The first-order chi connectivity index (χ1) is 10.6. The van der Waals surface area contributed by atoms with Crippen molar-refractivity contribution in [2.75, 3.05) is 5.32 Å². The molecule has 6 nitrogen and oxygen atoms in total. The molecule has 0 aliphatic carbocycles. The lowest BCUT2D eigenvalue weighted by molar-refractivity contribution is 0.102. The summed E-state index contributed by atoms with van der Waals surface area (Å²) in [5, 5.41) is 12.7. The zero-order valence-corrected chi connectivity index (χ0v) is 13.5. The lowest BCUT2D eigenvalue weighted by atomic mass is 10.4. The van der Waals surface area contributed by atoms with Gasteiger partial charge in [0.2, 0.25) is 5.13 Å². The number of hydrogen-bond acceptors (Lipinski definition) is 7. The zero-order valence-electron chi connectivity index (χ0n) is 11.9. The highest BCUT2D eigenvalue weighted by Crippen LogP contribution is 2.22. The van der Waals surface area contributed by atoms with E-state index in [-0.39, 0.29) is 5.91 Å². The van der Waals surface area contributed by atoms with Crippen LogP contribution in [-0.4, -0.2) is 21.1 Å². The molecule has 0 saturated carbocycles. The fourth-order valence-electron chi connectivity index (χ4n) is 1.79. The number of anilines is 1. The molecule has 1 amide bonds. The number of amides is 1. The number of furan rings is 1. The van der Waals surface area contributed by atoms with E-state index in [1.165, 1.54) is 22.7 Å². The van der Waals surface area contributed by atoms with Gasteiger partial charge >= 0.3 is 0 Å². The molecule has 0 atom stereocenters. The first kappa shape index (κ1) is 14.6. The topological polar surface area (TPSA) is 80.9 Å². The highest BCUT2D eigenvalue weighted by molar-refractivity contribution is 7.16. The van der Waals surface area contributed by atoms with E-state index in [1.54, 1.807) is 18.4 Å². The minimum atomic E-state index is -0.208. The van der Waals surface area contributed by atoms with E-state index in [4.69, 9.17) is 4.42 Å². The van der Waals surface area contributed by atoms with Gasteiger partial charge in [0.1, 0.15) is 15.6 Å². The minimum absolute atomic E-state index is 0.208. The van der Waals surface area contributed by atoms with E-state index >= 15 is 0 Å². The minimum Gasteiger partial charge on any atom is -0.465 e. The Labute approximate surface area is 134 Å². The number of aryl methyl sites for hydroxylation is 2. The summed E-state index contributed by atoms with van der Waals surface area (Å²) in [5.74, 6) is 0.525. The summed E-state index contributed by atoms with van der Waals surface area (Å²) in [5.41, 5.74) is 0.724. The molecule has 0 fully saturated rings. The van der Waals surface area contributed by atoms with E-state index in [2.05, 4.69) is 20.5 Å². The molecule has 3 aromatic rings. The molecule has 0 aliphatic rings. The number of nitrogens with zero attached hydrogens (tertiary/aromatic N) is 3. The number of hydrogen-bond donors (Lipinski definition) is 1. The number of thiazole rings is 1. The van der Waals surface area contributed by atoms with Crippen molar-refractivity contribution in [1.29, 1.82) is 0 Å². The van der Waals surface area contributed by atoms with E-state index in [0.717, 1.165) is 16.5 Å². The van der Waals surface area contributed by atoms with Gasteiger partial charge in [-0.05, 0) is 38.1 Å². The highest BCUT2D eigenvalue weighted by Gasteiger charge is 2.15. The van der Waals surface area contributed by atoms with E-state index in [1.807, 2.05) is 26.0 Å².